The number of amides is 2. The van der Waals surface area contributed by atoms with Crippen molar-refractivity contribution in [2.24, 2.45) is 0 Å². The third-order valence-corrected chi connectivity index (χ3v) is 6.87. The minimum Gasteiger partial charge on any atom is -0.484 e. The molecular formula is C24H23N3O8S. The van der Waals surface area contributed by atoms with Gasteiger partial charge in [0, 0.05) is 12.1 Å². The predicted molar refractivity (Wildman–Crippen MR) is 129 cm³/mol. The molecule has 2 aliphatic rings. The first kappa shape index (κ1) is 25.2. The summed E-state index contributed by atoms with van der Waals surface area (Å²) in [6.45, 7) is 1.03. The highest BCUT2D eigenvalue weighted by atomic mass is 32.2. The van der Waals surface area contributed by atoms with Gasteiger partial charge in [-0.2, -0.15) is 0 Å². The summed E-state index contributed by atoms with van der Waals surface area (Å²) in [4.78, 5) is 49.8. The van der Waals surface area contributed by atoms with Gasteiger partial charge in [-0.15, -0.1) is 11.8 Å². The van der Waals surface area contributed by atoms with E-state index < -0.39 is 46.3 Å². The molecule has 2 heterocycles. The number of nitrogens with one attached hydrogen (secondary N) is 1. The van der Waals surface area contributed by atoms with Crippen molar-refractivity contribution in [2.75, 3.05) is 6.61 Å². The number of carbonyl (C=O) groups is 3. The molecule has 0 spiro atoms. The second-order valence-electron chi connectivity index (χ2n) is 8.15. The van der Waals surface area contributed by atoms with Gasteiger partial charge in [0.2, 0.25) is 5.91 Å². The van der Waals surface area contributed by atoms with Crippen LogP contribution in [0.15, 0.2) is 65.6 Å². The van der Waals surface area contributed by atoms with Crippen LogP contribution in [0, 0.1) is 10.1 Å². The summed E-state index contributed by atoms with van der Waals surface area (Å²) >= 11 is 1.21. The molecule has 0 bridgehead atoms. The van der Waals surface area contributed by atoms with Crippen molar-refractivity contribution in [3.8, 4) is 5.75 Å². The van der Waals surface area contributed by atoms with E-state index in [-0.39, 0.29) is 18.9 Å². The number of nitro groups is 1. The molecule has 36 heavy (non-hydrogen) atoms. The smallest absolute Gasteiger partial charge is 0.333 e. The van der Waals surface area contributed by atoms with E-state index in [0.29, 0.717) is 16.9 Å². The largest absolute Gasteiger partial charge is 0.484 e. The summed E-state index contributed by atoms with van der Waals surface area (Å²) < 4.78 is 10.8. The number of fused-ring (bicyclic) bond motifs is 1. The maximum atomic E-state index is 13.0. The Hall–Kier alpha value is -3.90. The van der Waals surface area contributed by atoms with Gasteiger partial charge in [0.15, 0.2) is 12.6 Å². The van der Waals surface area contributed by atoms with Crippen LogP contribution in [0.4, 0.5) is 5.69 Å². The SMILES string of the molecule is CC(O)C1=CS[C@@H]2[C@H](NC(=O)COc3ccccc3)C(=O)N2C1C(=O)OCc1ccc([N+](=O)[O-])cc1. The van der Waals surface area contributed by atoms with Crippen LogP contribution >= 0.6 is 11.8 Å². The molecule has 2 N–H and O–H groups in total. The maximum Gasteiger partial charge on any atom is 0.333 e. The molecule has 1 saturated heterocycles. The first-order valence-corrected chi connectivity index (χ1v) is 11.9. The molecule has 0 aliphatic carbocycles. The fraction of sp³-hybridized carbons (Fsp3) is 0.292. The number of aliphatic hydroxyl groups is 1. The third kappa shape index (κ3) is 5.34. The lowest BCUT2D eigenvalue weighted by Gasteiger charge is -2.52. The molecule has 1 fully saturated rings. The number of esters is 1. The zero-order valence-electron chi connectivity index (χ0n) is 19.1. The molecule has 4 rings (SSSR count). The molecule has 2 aromatic rings. The van der Waals surface area contributed by atoms with Crippen molar-refractivity contribution in [3.63, 3.8) is 0 Å². The van der Waals surface area contributed by atoms with E-state index in [2.05, 4.69) is 5.32 Å². The van der Waals surface area contributed by atoms with E-state index in [9.17, 15) is 29.6 Å². The van der Waals surface area contributed by atoms with Crippen molar-refractivity contribution >= 4 is 35.2 Å². The van der Waals surface area contributed by atoms with Gasteiger partial charge in [0.1, 0.15) is 23.8 Å². The van der Waals surface area contributed by atoms with Crippen molar-refractivity contribution < 1.29 is 33.9 Å². The lowest BCUT2D eigenvalue weighted by atomic mass is 9.95. The number of para-hydroxylation sites is 1. The molecule has 11 nitrogen and oxygen atoms in total. The van der Waals surface area contributed by atoms with Crippen LogP contribution in [0.2, 0.25) is 0 Å². The van der Waals surface area contributed by atoms with Crippen molar-refractivity contribution in [1.82, 2.24) is 10.2 Å². The lowest BCUT2D eigenvalue weighted by Crippen LogP contribution is -2.74. The van der Waals surface area contributed by atoms with Crippen molar-refractivity contribution in [2.45, 2.75) is 37.1 Å². The monoisotopic (exact) mass is 513 g/mol. The highest BCUT2D eigenvalue weighted by molar-refractivity contribution is 8.03. The Bertz CT molecular complexity index is 1190. The van der Waals surface area contributed by atoms with E-state index in [1.807, 2.05) is 6.07 Å². The maximum absolute atomic E-state index is 13.0. The Labute approximate surface area is 210 Å². The van der Waals surface area contributed by atoms with E-state index in [4.69, 9.17) is 9.47 Å². The fourth-order valence-electron chi connectivity index (χ4n) is 3.82. The highest BCUT2D eigenvalue weighted by Gasteiger charge is 2.56. The van der Waals surface area contributed by atoms with Crippen LogP contribution in [0.5, 0.6) is 5.75 Å². The number of ether oxygens (including phenoxy) is 2. The van der Waals surface area contributed by atoms with Crippen LogP contribution in [-0.4, -0.2) is 62.9 Å². The van der Waals surface area contributed by atoms with Gasteiger partial charge in [-0.3, -0.25) is 19.7 Å². The summed E-state index contributed by atoms with van der Waals surface area (Å²) in [5.74, 6) is -1.21. The Morgan fingerprint density at radius 1 is 1.19 bits per heavy atom. The minimum atomic E-state index is -1.16. The molecule has 188 valence electrons. The summed E-state index contributed by atoms with van der Waals surface area (Å²) in [5, 5.41) is 24.7. The summed E-state index contributed by atoms with van der Waals surface area (Å²) in [6.07, 6.45) is -1.02. The average molecular weight is 514 g/mol. The molecule has 2 aromatic carbocycles. The Morgan fingerprint density at radius 3 is 2.53 bits per heavy atom. The van der Waals surface area contributed by atoms with Crippen LogP contribution in [0.3, 0.4) is 0 Å². The molecule has 2 aliphatic heterocycles. The average Bonchev–Trinajstić information content (AvgIpc) is 2.88. The van der Waals surface area contributed by atoms with Crippen molar-refractivity contribution in [3.05, 3.63) is 81.3 Å². The Kier molecular flexibility index (Phi) is 7.55. The highest BCUT2D eigenvalue weighted by Crippen LogP contribution is 2.41. The van der Waals surface area contributed by atoms with Crippen LogP contribution in [-0.2, 0) is 25.7 Å². The van der Waals surface area contributed by atoms with Gasteiger partial charge in [-0.05, 0) is 47.7 Å². The number of rotatable bonds is 9. The molecule has 2 amide bonds. The first-order valence-electron chi connectivity index (χ1n) is 11.0. The number of β-lactam (4-membered cyclic amide) rings is 1. The predicted octanol–water partition coefficient (Wildman–Crippen LogP) is 1.75. The van der Waals surface area contributed by atoms with Crippen LogP contribution in [0.1, 0.15) is 12.5 Å². The molecule has 12 heteroatoms. The van der Waals surface area contributed by atoms with E-state index in [1.54, 1.807) is 29.7 Å². The van der Waals surface area contributed by atoms with Gasteiger partial charge in [-0.25, -0.2) is 4.79 Å². The molecule has 0 saturated carbocycles. The Balaban J connectivity index is 1.39. The van der Waals surface area contributed by atoms with Crippen LogP contribution in [0.25, 0.3) is 0 Å². The number of hydrogen-bond donors (Lipinski definition) is 2. The van der Waals surface area contributed by atoms with Gasteiger partial charge in [0.25, 0.3) is 11.6 Å². The molecule has 2 unspecified atom stereocenters. The summed E-state index contributed by atoms with van der Waals surface area (Å²) in [6, 6.07) is 12.3. The number of aliphatic hydroxyl groups excluding tert-OH is 1. The molecule has 0 aromatic heterocycles. The van der Waals surface area contributed by atoms with Crippen molar-refractivity contribution in [1.29, 1.82) is 0 Å². The third-order valence-electron chi connectivity index (χ3n) is 5.68. The number of nitro benzene ring substituents is 1. The second-order valence-corrected chi connectivity index (χ2v) is 9.14. The minimum absolute atomic E-state index is 0.0926. The molecule has 4 atom stereocenters. The number of thioether (sulfide) groups is 1. The lowest BCUT2D eigenvalue weighted by molar-refractivity contribution is -0.384. The van der Waals surface area contributed by atoms with E-state index >= 15 is 0 Å². The number of carbonyl (C=O) groups excluding carboxylic acids is 3. The number of hydrogen-bond acceptors (Lipinski definition) is 9. The quantitative estimate of drug-likeness (QED) is 0.221. The normalized spacial score (nSPS) is 21.4. The molecule has 0 radical (unpaired) electrons. The standard InChI is InChI=1S/C24H23N3O8S/c1-14(28)18-13-36-23-20(25-19(29)12-34-17-5-3-2-4-6-17)22(30)26(23)21(18)24(31)35-11-15-7-9-16(10-8-15)27(32)33/h2-10,13-14,20-21,23,28H,11-12H2,1H3,(H,25,29)/t14?,20-,21?,23-/m1/s1. The van der Waals surface area contributed by atoms with Gasteiger partial charge in [0.05, 0.1) is 11.0 Å². The van der Waals surface area contributed by atoms with Crippen LogP contribution < -0.4 is 10.1 Å². The summed E-state index contributed by atoms with van der Waals surface area (Å²) in [7, 11) is 0. The number of non-ortho nitro benzene ring substituents is 1. The Morgan fingerprint density at radius 2 is 1.89 bits per heavy atom. The van der Waals surface area contributed by atoms with E-state index in [1.165, 1.54) is 47.9 Å². The first-order chi connectivity index (χ1) is 17.3. The van der Waals surface area contributed by atoms with Gasteiger partial charge in [-0.1, -0.05) is 18.2 Å². The summed E-state index contributed by atoms with van der Waals surface area (Å²) in [5.41, 5.74) is 0.734. The zero-order chi connectivity index (χ0) is 25.8. The van der Waals surface area contributed by atoms with E-state index in [0.717, 1.165) is 0 Å². The zero-order valence-corrected chi connectivity index (χ0v) is 19.9. The fourth-order valence-corrected chi connectivity index (χ4v) is 5.14. The molecular weight excluding hydrogens is 490 g/mol. The van der Waals surface area contributed by atoms with Gasteiger partial charge >= 0.3 is 5.97 Å². The number of nitrogens with zero attached hydrogens (tertiary/aromatic N) is 2. The topological polar surface area (TPSA) is 148 Å². The van der Waals surface area contributed by atoms with Gasteiger partial charge < -0.3 is 24.8 Å². The second kappa shape index (κ2) is 10.8. The number of benzene rings is 2.